The Hall–Kier alpha value is -3.23. The van der Waals surface area contributed by atoms with Gasteiger partial charge in [-0.3, -0.25) is 9.59 Å². The van der Waals surface area contributed by atoms with Crippen LogP contribution in [0.4, 0.5) is 23.3 Å². The van der Waals surface area contributed by atoms with Crippen LogP contribution in [0.3, 0.4) is 0 Å². The Morgan fingerprint density at radius 2 is 1.90 bits per heavy atom. The SMILES string of the molecule is CNC(=O)c1ccc(Nc2ncc3c(n2)N(C2CCCC2)CC(C)(C)C(=O)N3C)nc1. The van der Waals surface area contributed by atoms with Gasteiger partial charge in [0.2, 0.25) is 11.9 Å². The molecule has 4 rings (SSSR count). The van der Waals surface area contributed by atoms with Gasteiger partial charge >= 0.3 is 0 Å². The minimum Gasteiger partial charge on any atom is -0.355 e. The Bertz CT molecular complexity index is 984. The molecule has 2 amide bonds. The summed E-state index contributed by atoms with van der Waals surface area (Å²) in [5.41, 5.74) is 0.671. The van der Waals surface area contributed by atoms with Gasteiger partial charge in [-0.2, -0.15) is 4.98 Å². The standard InChI is InChI=1S/C22H29N7O2/c1-22(2)13-29(15-7-5-6-8-15)18-16(28(4)20(22)31)12-25-21(27-18)26-17-10-9-14(11-24-17)19(30)23-3/h9-12,15H,5-8,13H2,1-4H3,(H,23,30)(H,24,25,26,27). The molecule has 2 aliphatic rings. The number of nitrogens with one attached hydrogen (secondary N) is 2. The lowest BCUT2D eigenvalue weighted by atomic mass is 9.91. The lowest BCUT2D eigenvalue weighted by Gasteiger charge is -2.34. The van der Waals surface area contributed by atoms with E-state index in [4.69, 9.17) is 4.98 Å². The Morgan fingerprint density at radius 1 is 1.16 bits per heavy atom. The number of amides is 2. The van der Waals surface area contributed by atoms with Crippen LogP contribution < -0.4 is 20.4 Å². The van der Waals surface area contributed by atoms with Gasteiger partial charge in [0.25, 0.3) is 5.91 Å². The van der Waals surface area contributed by atoms with Crippen molar-refractivity contribution in [3.8, 4) is 0 Å². The number of hydrogen-bond donors (Lipinski definition) is 2. The zero-order valence-electron chi connectivity index (χ0n) is 18.5. The van der Waals surface area contributed by atoms with Crippen molar-refractivity contribution < 1.29 is 9.59 Å². The summed E-state index contributed by atoms with van der Waals surface area (Å²) in [6.07, 6.45) is 7.79. The summed E-state index contributed by atoms with van der Waals surface area (Å²) in [5.74, 6) is 1.58. The zero-order valence-corrected chi connectivity index (χ0v) is 18.5. The molecule has 31 heavy (non-hydrogen) atoms. The highest BCUT2D eigenvalue weighted by Crippen LogP contribution is 2.40. The normalized spacial score (nSPS) is 18.5. The van der Waals surface area contributed by atoms with Crippen molar-refractivity contribution in [3.63, 3.8) is 0 Å². The molecule has 0 saturated heterocycles. The van der Waals surface area contributed by atoms with Crippen molar-refractivity contribution in [2.24, 2.45) is 5.41 Å². The first kappa shape index (κ1) is 21.0. The number of carbonyl (C=O) groups excluding carboxylic acids is 2. The first-order valence-electron chi connectivity index (χ1n) is 10.7. The van der Waals surface area contributed by atoms with Crippen LogP contribution in [-0.4, -0.2) is 53.4 Å². The second-order valence-electron chi connectivity index (χ2n) is 8.85. The Labute approximate surface area is 182 Å². The predicted molar refractivity (Wildman–Crippen MR) is 120 cm³/mol. The summed E-state index contributed by atoms with van der Waals surface area (Å²) in [7, 11) is 3.37. The highest BCUT2D eigenvalue weighted by molar-refractivity contribution is 6.00. The van der Waals surface area contributed by atoms with Crippen LogP contribution in [0, 0.1) is 5.41 Å². The van der Waals surface area contributed by atoms with E-state index in [9.17, 15) is 9.59 Å². The third-order valence-corrected chi connectivity index (χ3v) is 6.09. The van der Waals surface area contributed by atoms with Gasteiger partial charge in [-0.25, -0.2) is 9.97 Å². The van der Waals surface area contributed by atoms with E-state index in [0.29, 0.717) is 29.9 Å². The van der Waals surface area contributed by atoms with Crippen molar-refractivity contribution in [2.45, 2.75) is 45.6 Å². The molecule has 0 aromatic carbocycles. The molecule has 1 aliphatic carbocycles. The fraction of sp³-hybridized carbons (Fsp3) is 0.500. The van der Waals surface area contributed by atoms with Crippen LogP contribution in [0.25, 0.3) is 0 Å². The monoisotopic (exact) mass is 423 g/mol. The fourth-order valence-corrected chi connectivity index (χ4v) is 4.39. The zero-order chi connectivity index (χ0) is 22.2. The summed E-state index contributed by atoms with van der Waals surface area (Å²) in [5, 5.41) is 5.70. The Balaban J connectivity index is 1.67. The average molecular weight is 424 g/mol. The predicted octanol–water partition coefficient (Wildman–Crippen LogP) is 2.73. The third kappa shape index (κ3) is 4.04. The maximum absolute atomic E-state index is 13.1. The molecular weight excluding hydrogens is 394 g/mol. The molecule has 0 atom stereocenters. The highest BCUT2D eigenvalue weighted by Gasteiger charge is 2.41. The third-order valence-electron chi connectivity index (χ3n) is 6.09. The molecule has 1 fully saturated rings. The Morgan fingerprint density at radius 3 is 2.55 bits per heavy atom. The first-order valence-corrected chi connectivity index (χ1v) is 10.7. The minimum atomic E-state index is -0.525. The maximum Gasteiger partial charge on any atom is 0.252 e. The fourth-order valence-electron chi connectivity index (χ4n) is 4.39. The van der Waals surface area contributed by atoms with Crippen molar-refractivity contribution in [1.82, 2.24) is 20.3 Å². The molecule has 9 nitrogen and oxygen atoms in total. The first-order chi connectivity index (χ1) is 14.8. The van der Waals surface area contributed by atoms with Crippen LogP contribution in [-0.2, 0) is 4.79 Å². The minimum absolute atomic E-state index is 0.0602. The van der Waals surface area contributed by atoms with Gasteiger partial charge in [0.05, 0.1) is 17.2 Å². The average Bonchev–Trinajstić information content (AvgIpc) is 3.29. The van der Waals surface area contributed by atoms with Gasteiger partial charge in [0, 0.05) is 32.9 Å². The van der Waals surface area contributed by atoms with E-state index in [1.54, 1.807) is 37.3 Å². The second kappa shape index (κ2) is 8.13. The number of hydrogen-bond acceptors (Lipinski definition) is 7. The molecule has 2 aromatic rings. The number of fused-ring (bicyclic) bond motifs is 1. The van der Waals surface area contributed by atoms with Gasteiger partial charge in [0.15, 0.2) is 5.82 Å². The molecule has 0 radical (unpaired) electrons. The summed E-state index contributed by atoms with van der Waals surface area (Å²) in [4.78, 5) is 42.3. The number of nitrogens with zero attached hydrogens (tertiary/aromatic N) is 5. The molecule has 3 heterocycles. The van der Waals surface area contributed by atoms with Gasteiger partial charge in [-0.15, -0.1) is 0 Å². The van der Waals surface area contributed by atoms with Gasteiger partial charge in [0.1, 0.15) is 11.5 Å². The number of aromatic nitrogens is 3. The second-order valence-corrected chi connectivity index (χ2v) is 8.85. The number of rotatable bonds is 4. The highest BCUT2D eigenvalue weighted by atomic mass is 16.2. The summed E-state index contributed by atoms with van der Waals surface area (Å²) < 4.78 is 0. The molecule has 1 aliphatic heterocycles. The molecule has 1 saturated carbocycles. The van der Waals surface area contributed by atoms with Crippen LogP contribution >= 0.6 is 0 Å². The van der Waals surface area contributed by atoms with Crippen LogP contribution in [0.1, 0.15) is 49.9 Å². The van der Waals surface area contributed by atoms with E-state index in [1.165, 1.54) is 19.0 Å². The van der Waals surface area contributed by atoms with Crippen molar-refractivity contribution in [3.05, 3.63) is 30.1 Å². The van der Waals surface area contributed by atoms with Crippen LogP contribution in [0.15, 0.2) is 24.5 Å². The number of anilines is 4. The summed E-state index contributed by atoms with van der Waals surface area (Å²) in [6.45, 7) is 4.59. The summed E-state index contributed by atoms with van der Waals surface area (Å²) >= 11 is 0. The molecule has 2 N–H and O–H groups in total. The molecular formula is C22H29N7O2. The largest absolute Gasteiger partial charge is 0.355 e. The van der Waals surface area contributed by atoms with Gasteiger partial charge in [-0.1, -0.05) is 12.8 Å². The van der Waals surface area contributed by atoms with E-state index in [-0.39, 0.29) is 11.8 Å². The van der Waals surface area contributed by atoms with E-state index in [0.717, 1.165) is 24.3 Å². The quantitative estimate of drug-likeness (QED) is 0.779. The molecule has 0 unspecified atom stereocenters. The summed E-state index contributed by atoms with van der Waals surface area (Å²) in [6, 6.07) is 3.77. The smallest absolute Gasteiger partial charge is 0.252 e. The van der Waals surface area contributed by atoms with Crippen molar-refractivity contribution in [2.75, 3.05) is 35.8 Å². The van der Waals surface area contributed by atoms with Crippen molar-refractivity contribution >= 4 is 35.1 Å². The number of carbonyl (C=O) groups is 2. The number of pyridine rings is 1. The lowest BCUT2D eigenvalue weighted by Crippen LogP contribution is -2.45. The molecule has 0 bridgehead atoms. The maximum atomic E-state index is 13.1. The van der Waals surface area contributed by atoms with Crippen LogP contribution in [0.2, 0.25) is 0 Å². The molecule has 164 valence electrons. The van der Waals surface area contributed by atoms with E-state index in [1.807, 2.05) is 13.8 Å². The van der Waals surface area contributed by atoms with E-state index >= 15 is 0 Å². The topological polar surface area (TPSA) is 103 Å². The van der Waals surface area contributed by atoms with Gasteiger partial charge in [-0.05, 0) is 38.8 Å². The Kier molecular flexibility index (Phi) is 5.51. The lowest BCUT2D eigenvalue weighted by molar-refractivity contribution is -0.125. The van der Waals surface area contributed by atoms with Gasteiger partial charge < -0.3 is 20.4 Å². The van der Waals surface area contributed by atoms with E-state index in [2.05, 4.69) is 25.5 Å². The van der Waals surface area contributed by atoms with Crippen molar-refractivity contribution in [1.29, 1.82) is 0 Å². The molecule has 2 aromatic heterocycles. The molecule has 9 heteroatoms. The van der Waals surface area contributed by atoms with Crippen LogP contribution in [0.5, 0.6) is 0 Å². The van der Waals surface area contributed by atoms with E-state index < -0.39 is 5.41 Å². The molecule has 0 spiro atoms.